The first-order valence-electron chi connectivity index (χ1n) is 6.51. The Labute approximate surface area is 142 Å². The summed E-state index contributed by atoms with van der Waals surface area (Å²) in [7, 11) is 0. The minimum atomic E-state index is -0.347. The van der Waals surface area contributed by atoms with Gasteiger partial charge in [0, 0.05) is 17.5 Å². The Morgan fingerprint density at radius 2 is 2.00 bits per heavy atom. The lowest BCUT2D eigenvalue weighted by molar-refractivity contribution is -0.120. The topological polar surface area (TPSA) is 58.2 Å². The summed E-state index contributed by atoms with van der Waals surface area (Å²) in [4.78, 5) is 24.4. The van der Waals surface area contributed by atoms with Crippen LogP contribution in [-0.4, -0.2) is 11.8 Å². The summed E-state index contributed by atoms with van der Waals surface area (Å²) in [5, 5.41) is 8.23. The third-order valence-corrected chi connectivity index (χ3v) is 4.58. The van der Waals surface area contributed by atoms with E-state index in [-0.39, 0.29) is 24.3 Å². The molecule has 0 aliphatic rings. The van der Waals surface area contributed by atoms with Gasteiger partial charge in [0.15, 0.2) is 0 Å². The van der Waals surface area contributed by atoms with E-state index in [4.69, 9.17) is 23.2 Å². The van der Waals surface area contributed by atoms with Gasteiger partial charge in [-0.3, -0.25) is 9.59 Å². The van der Waals surface area contributed by atoms with Crippen molar-refractivity contribution in [1.82, 2.24) is 5.32 Å². The molecule has 4 nitrogen and oxygen atoms in total. The number of carbonyl (C=O) groups is 2. The molecule has 7 heteroatoms. The van der Waals surface area contributed by atoms with Crippen LogP contribution in [0.15, 0.2) is 35.7 Å². The van der Waals surface area contributed by atoms with Gasteiger partial charge in [-0.1, -0.05) is 29.3 Å². The van der Waals surface area contributed by atoms with Crippen LogP contribution in [0, 0.1) is 0 Å². The van der Waals surface area contributed by atoms with E-state index in [0.717, 1.165) is 4.88 Å². The van der Waals surface area contributed by atoms with Gasteiger partial charge < -0.3 is 10.6 Å². The van der Waals surface area contributed by atoms with E-state index in [0.29, 0.717) is 15.7 Å². The minimum Gasteiger partial charge on any atom is -0.348 e. The van der Waals surface area contributed by atoms with Gasteiger partial charge in [-0.05, 0) is 29.6 Å². The number of rotatable bonds is 5. The van der Waals surface area contributed by atoms with Crippen LogP contribution in [-0.2, 0) is 9.59 Å². The van der Waals surface area contributed by atoms with Crippen molar-refractivity contribution in [3.63, 3.8) is 0 Å². The molecule has 1 aromatic heterocycles. The molecule has 22 heavy (non-hydrogen) atoms. The van der Waals surface area contributed by atoms with Crippen LogP contribution in [0.25, 0.3) is 0 Å². The second-order valence-electron chi connectivity index (χ2n) is 4.65. The fourth-order valence-electron chi connectivity index (χ4n) is 1.93. The lowest BCUT2D eigenvalue weighted by atomic mass is 10.1. The Hall–Kier alpha value is -1.56. The lowest BCUT2D eigenvalue weighted by Crippen LogP contribution is -2.29. The Balaban J connectivity index is 2.04. The SMILES string of the molecule is CC(=O)NC(CC(=O)Nc1ccc(Cl)c(Cl)c1)c1cccs1. The van der Waals surface area contributed by atoms with Crippen LogP contribution in [0.3, 0.4) is 0 Å². The van der Waals surface area contributed by atoms with E-state index in [9.17, 15) is 9.59 Å². The molecular formula is C15H14Cl2N2O2S. The molecule has 116 valence electrons. The summed E-state index contributed by atoms with van der Waals surface area (Å²) in [5.74, 6) is -0.397. The van der Waals surface area contributed by atoms with Gasteiger partial charge in [0.05, 0.1) is 22.5 Å². The predicted molar refractivity (Wildman–Crippen MR) is 90.6 cm³/mol. The van der Waals surface area contributed by atoms with E-state index in [1.807, 2.05) is 17.5 Å². The Morgan fingerprint density at radius 3 is 2.59 bits per heavy atom. The van der Waals surface area contributed by atoms with Gasteiger partial charge in [-0.15, -0.1) is 11.3 Å². The first kappa shape index (κ1) is 16.8. The molecule has 1 heterocycles. The largest absolute Gasteiger partial charge is 0.348 e. The first-order chi connectivity index (χ1) is 10.5. The maximum absolute atomic E-state index is 12.2. The van der Waals surface area contributed by atoms with Gasteiger partial charge in [-0.25, -0.2) is 0 Å². The highest BCUT2D eigenvalue weighted by molar-refractivity contribution is 7.10. The molecular weight excluding hydrogens is 343 g/mol. The van der Waals surface area contributed by atoms with Gasteiger partial charge in [0.1, 0.15) is 0 Å². The molecule has 0 radical (unpaired) electrons. The van der Waals surface area contributed by atoms with Crippen molar-refractivity contribution in [3.05, 3.63) is 50.6 Å². The fraction of sp³-hybridized carbons (Fsp3) is 0.200. The zero-order valence-electron chi connectivity index (χ0n) is 11.7. The number of hydrogen-bond donors (Lipinski definition) is 2. The Kier molecular flexibility index (Phi) is 5.83. The smallest absolute Gasteiger partial charge is 0.226 e. The second kappa shape index (κ2) is 7.63. The predicted octanol–water partition coefficient (Wildman–Crippen LogP) is 4.26. The summed E-state index contributed by atoms with van der Waals surface area (Å²) in [6.45, 7) is 1.43. The van der Waals surface area contributed by atoms with Crippen LogP contribution in [0.1, 0.15) is 24.3 Å². The second-order valence-corrected chi connectivity index (χ2v) is 6.44. The van der Waals surface area contributed by atoms with Crippen molar-refractivity contribution < 1.29 is 9.59 Å². The van der Waals surface area contributed by atoms with Crippen LogP contribution in [0.5, 0.6) is 0 Å². The van der Waals surface area contributed by atoms with Gasteiger partial charge in [0.2, 0.25) is 11.8 Å². The average molecular weight is 357 g/mol. The van der Waals surface area contributed by atoms with Gasteiger partial charge >= 0.3 is 0 Å². The van der Waals surface area contributed by atoms with E-state index in [1.165, 1.54) is 18.3 Å². The zero-order chi connectivity index (χ0) is 16.1. The van der Waals surface area contributed by atoms with Crippen LogP contribution < -0.4 is 10.6 Å². The number of halogens is 2. The molecule has 0 saturated carbocycles. The Morgan fingerprint density at radius 1 is 1.23 bits per heavy atom. The first-order valence-corrected chi connectivity index (χ1v) is 8.14. The minimum absolute atomic E-state index is 0.139. The summed E-state index contributed by atoms with van der Waals surface area (Å²) in [6.07, 6.45) is 0.139. The summed E-state index contributed by atoms with van der Waals surface area (Å²) < 4.78 is 0. The maximum Gasteiger partial charge on any atom is 0.226 e. The van der Waals surface area contributed by atoms with Crippen LogP contribution in [0.4, 0.5) is 5.69 Å². The van der Waals surface area contributed by atoms with Gasteiger partial charge in [0.25, 0.3) is 0 Å². The molecule has 0 aliphatic heterocycles. The van der Waals surface area contributed by atoms with Crippen molar-refractivity contribution in [2.75, 3.05) is 5.32 Å². The van der Waals surface area contributed by atoms with Crippen LogP contribution in [0.2, 0.25) is 10.0 Å². The number of hydrogen-bond acceptors (Lipinski definition) is 3. The third kappa shape index (κ3) is 4.73. The number of anilines is 1. The number of carbonyl (C=O) groups excluding carboxylic acids is 2. The van der Waals surface area contributed by atoms with Crippen molar-refractivity contribution in [2.24, 2.45) is 0 Å². The standard InChI is InChI=1S/C15H14Cl2N2O2S/c1-9(20)18-13(14-3-2-6-22-14)8-15(21)19-10-4-5-11(16)12(17)7-10/h2-7,13H,8H2,1H3,(H,18,20)(H,19,21). The van der Waals surface area contributed by atoms with Crippen molar-refractivity contribution in [1.29, 1.82) is 0 Å². The molecule has 0 bridgehead atoms. The highest BCUT2D eigenvalue weighted by Gasteiger charge is 2.18. The summed E-state index contributed by atoms with van der Waals surface area (Å²) >= 11 is 13.2. The molecule has 0 saturated heterocycles. The molecule has 1 atom stereocenters. The zero-order valence-corrected chi connectivity index (χ0v) is 14.1. The Bertz CT molecular complexity index is 674. The summed E-state index contributed by atoms with van der Waals surface area (Å²) in [6, 6.07) is 8.29. The van der Waals surface area contributed by atoms with Crippen molar-refractivity contribution >= 4 is 52.0 Å². The number of amides is 2. The van der Waals surface area contributed by atoms with E-state index >= 15 is 0 Å². The van der Waals surface area contributed by atoms with E-state index in [2.05, 4.69) is 10.6 Å². The quantitative estimate of drug-likeness (QED) is 0.840. The van der Waals surface area contributed by atoms with Crippen LogP contribution >= 0.6 is 34.5 Å². The van der Waals surface area contributed by atoms with Crippen molar-refractivity contribution in [2.45, 2.75) is 19.4 Å². The highest BCUT2D eigenvalue weighted by Crippen LogP contribution is 2.26. The molecule has 0 spiro atoms. The molecule has 0 fully saturated rings. The molecule has 1 unspecified atom stereocenters. The average Bonchev–Trinajstić information content (AvgIpc) is 2.95. The molecule has 0 aliphatic carbocycles. The number of nitrogens with one attached hydrogen (secondary N) is 2. The van der Waals surface area contributed by atoms with Crippen molar-refractivity contribution in [3.8, 4) is 0 Å². The molecule has 1 aromatic carbocycles. The number of thiophene rings is 1. The monoisotopic (exact) mass is 356 g/mol. The van der Waals surface area contributed by atoms with E-state index < -0.39 is 0 Å². The molecule has 2 amide bonds. The third-order valence-electron chi connectivity index (χ3n) is 2.86. The summed E-state index contributed by atoms with van der Waals surface area (Å²) in [5.41, 5.74) is 0.562. The molecule has 2 rings (SSSR count). The highest BCUT2D eigenvalue weighted by atomic mass is 35.5. The molecule has 2 N–H and O–H groups in total. The van der Waals surface area contributed by atoms with Gasteiger partial charge in [-0.2, -0.15) is 0 Å². The lowest BCUT2D eigenvalue weighted by Gasteiger charge is -2.16. The maximum atomic E-state index is 12.2. The van der Waals surface area contributed by atoms with E-state index in [1.54, 1.807) is 18.2 Å². The number of benzene rings is 1. The molecule has 2 aromatic rings. The normalized spacial score (nSPS) is 11.8. The fourth-order valence-corrected chi connectivity index (χ4v) is 3.00.